The van der Waals surface area contributed by atoms with Crippen molar-refractivity contribution in [3.63, 3.8) is 0 Å². The third-order valence-corrected chi connectivity index (χ3v) is 4.02. The Morgan fingerprint density at radius 1 is 1.11 bits per heavy atom. The molecule has 1 N–H and O–H groups in total. The van der Waals surface area contributed by atoms with Crippen LogP contribution in [0.15, 0.2) is 18.5 Å². The molecule has 0 fully saturated rings. The first kappa shape index (κ1) is 16.3. The molecule has 0 aliphatic carbocycles. The summed E-state index contributed by atoms with van der Waals surface area (Å²) in [5.41, 5.74) is 1.46. The molecule has 110 valence electrons. The molecule has 2 nitrogen and oxygen atoms in total. The average Bonchev–Trinajstić information content (AvgIpc) is 2.89. The molecule has 0 aromatic carbocycles. The quantitative estimate of drug-likeness (QED) is 0.644. The SMILES string of the molecule is CCCNC(CCC)c1ccn(CC(CC)CC)c1. The first-order valence-electron chi connectivity index (χ1n) is 8.14. The lowest BCUT2D eigenvalue weighted by Crippen LogP contribution is -2.21. The molecule has 0 bridgehead atoms. The smallest absolute Gasteiger partial charge is 0.0335 e. The molecule has 19 heavy (non-hydrogen) atoms. The van der Waals surface area contributed by atoms with E-state index in [1.165, 1.54) is 44.2 Å². The highest BCUT2D eigenvalue weighted by Gasteiger charge is 2.12. The van der Waals surface area contributed by atoms with E-state index in [1.54, 1.807) is 0 Å². The average molecular weight is 264 g/mol. The predicted octanol–water partition coefficient (Wildman–Crippen LogP) is 4.77. The van der Waals surface area contributed by atoms with Gasteiger partial charge in [-0.15, -0.1) is 0 Å². The van der Waals surface area contributed by atoms with E-state index in [0.29, 0.717) is 6.04 Å². The van der Waals surface area contributed by atoms with Gasteiger partial charge in [-0.1, -0.05) is 47.0 Å². The maximum Gasteiger partial charge on any atom is 0.0335 e. The van der Waals surface area contributed by atoms with Gasteiger partial charge in [0.15, 0.2) is 0 Å². The zero-order valence-electron chi connectivity index (χ0n) is 13.3. The van der Waals surface area contributed by atoms with Gasteiger partial charge < -0.3 is 9.88 Å². The number of nitrogens with zero attached hydrogens (tertiary/aromatic N) is 1. The highest BCUT2D eigenvalue weighted by molar-refractivity contribution is 5.15. The molecule has 0 spiro atoms. The van der Waals surface area contributed by atoms with Crippen molar-refractivity contribution in [2.24, 2.45) is 5.92 Å². The fourth-order valence-corrected chi connectivity index (χ4v) is 2.62. The Hall–Kier alpha value is -0.760. The standard InChI is InChI=1S/C17H32N2/c1-5-9-17(18-11-6-2)16-10-12-19(14-16)13-15(7-3)8-4/h10,12,14-15,17-18H,5-9,11,13H2,1-4H3. The number of hydrogen-bond acceptors (Lipinski definition) is 1. The van der Waals surface area contributed by atoms with E-state index in [9.17, 15) is 0 Å². The van der Waals surface area contributed by atoms with Crippen LogP contribution >= 0.6 is 0 Å². The number of nitrogens with one attached hydrogen (secondary N) is 1. The van der Waals surface area contributed by atoms with Crippen LogP contribution in [0.4, 0.5) is 0 Å². The Labute approximate surface area is 119 Å². The molecule has 1 aromatic rings. The Morgan fingerprint density at radius 3 is 2.42 bits per heavy atom. The van der Waals surface area contributed by atoms with Gasteiger partial charge in [-0.25, -0.2) is 0 Å². The van der Waals surface area contributed by atoms with Crippen molar-refractivity contribution >= 4 is 0 Å². The molecule has 0 radical (unpaired) electrons. The van der Waals surface area contributed by atoms with Gasteiger partial charge in [-0.3, -0.25) is 0 Å². The Morgan fingerprint density at radius 2 is 1.84 bits per heavy atom. The van der Waals surface area contributed by atoms with Crippen LogP contribution in [-0.4, -0.2) is 11.1 Å². The van der Waals surface area contributed by atoms with Crippen molar-refractivity contribution in [2.45, 2.75) is 72.4 Å². The molecule has 1 heterocycles. The number of aromatic nitrogens is 1. The van der Waals surface area contributed by atoms with Gasteiger partial charge in [-0.05, 0) is 36.9 Å². The lowest BCUT2D eigenvalue weighted by atomic mass is 10.0. The number of rotatable bonds is 10. The van der Waals surface area contributed by atoms with E-state index >= 15 is 0 Å². The van der Waals surface area contributed by atoms with Crippen molar-refractivity contribution in [1.82, 2.24) is 9.88 Å². The molecule has 0 aliphatic heterocycles. The Kier molecular flexibility index (Phi) is 7.88. The summed E-state index contributed by atoms with van der Waals surface area (Å²) in [6.07, 6.45) is 10.8. The van der Waals surface area contributed by atoms with Crippen LogP contribution in [-0.2, 0) is 6.54 Å². The first-order chi connectivity index (χ1) is 9.24. The molecule has 1 atom stereocenters. The lowest BCUT2D eigenvalue weighted by Gasteiger charge is -2.17. The second kappa shape index (κ2) is 9.19. The van der Waals surface area contributed by atoms with Crippen molar-refractivity contribution < 1.29 is 0 Å². The molecule has 1 rings (SSSR count). The van der Waals surface area contributed by atoms with Crippen molar-refractivity contribution in [2.75, 3.05) is 6.54 Å². The minimum Gasteiger partial charge on any atom is -0.354 e. The van der Waals surface area contributed by atoms with Crippen molar-refractivity contribution in [1.29, 1.82) is 0 Å². The summed E-state index contributed by atoms with van der Waals surface area (Å²) in [4.78, 5) is 0. The summed E-state index contributed by atoms with van der Waals surface area (Å²) in [6, 6.07) is 2.83. The largest absolute Gasteiger partial charge is 0.354 e. The summed E-state index contributed by atoms with van der Waals surface area (Å²) in [5.74, 6) is 0.813. The molecule has 1 unspecified atom stereocenters. The summed E-state index contributed by atoms with van der Waals surface area (Å²) in [6.45, 7) is 11.4. The molecule has 1 aromatic heterocycles. The van der Waals surface area contributed by atoms with E-state index in [1.807, 2.05) is 0 Å². The Balaban J connectivity index is 2.63. The minimum absolute atomic E-state index is 0.535. The third kappa shape index (κ3) is 5.40. The van der Waals surface area contributed by atoms with Gasteiger partial charge in [0.05, 0.1) is 0 Å². The maximum atomic E-state index is 3.67. The lowest BCUT2D eigenvalue weighted by molar-refractivity contribution is 0.418. The van der Waals surface area contributed by atoms with E-state index in [4.69, 9.17) is 0 Å². The van der Waals surface area contributed by atoms with Gasteiger partial charge in [0, 0.05) is 25.0 Å². The normalized spacial score (nSPS) is 13.1. The van der Waals surface area contributed by atoms with Crippen LogP contribution in [0.2, 0.25) is 0 Å². The van der Waals surface area contributed by atoms with Crippen LogP contribution in [0.25, 0.3) is 0 Å². The van der Waals surface area contributed by atoms with Crippen LogP contribution < -0.4 is 5.32 Å². The van der Waals surface area contributed by atoms with Gasteiger partial charge in [0.2, 0.25) is 0 Å². The van der Waals surface area contributed by atoms with Crippen LogP contribution in [0.1, 0.15) is 71.4 Å². The molecule has 0 aliphatic rings. The molecular weight excluding hydrogens is 232 g/mol. The molecule has 0 amide bonds. The molecule has 2 heteroatoms. The first-order valence-corrected chi connectivity index (χ1v) is 8.14. The highest BCUT2D eigenvalue weighted by atomic mass is 15.0. The molecular formula is C17H32N2. The van der Waals surface area contributed by atoms with Gasteiger partial charge >= 0.3 is 0 Å². The van der Waals surface area contributed by atoms with Crippen LogP contribution in [0, 0.1) is 5.92 Å². The maximum absolute atomic E-state index is 3.67. The zero-order chi connectivity index (χ0) is 14.1. The zero-order valence-corrected chi connectivity index (χ0v) is 13.3. The fraction of sp³-hybridized carbons (Fsp3) is 0.765. The van der Waals surface area contributed by atoms with Crippen LogP contribution in [0.3, 0.4) is 0 Å². The Bertz CT molecular complexity index is 326. The summed E-state index contributed by atoms with van der Waals surface area (Å²) in [5, 5.41) is 3.67. The van der Waals surface area contributed by atoms with Crippen molar-refractivity contribution in [3.05, 3.63) is 24.0 Å². The fourth-order valence-electron chi connectivity index (χ4n) is 2.62. The van der Waals surface area contributed by atoms with Gasteiger partial charge in [-0.2, -0.15) is 0 Å². The summed E-state index contributed by atoms with van der Waals surface area (Å²) in [7, 11) is 0. The monoisotopic (exact) mass is 264 g/mol. The van der Waals surface area contributed by atoms with E-state index < -0.39 is 0 Å². The number of hydrogen-bond donors (Lipinski definition) is 1. The van der Waals surface area contributed by atoms with Gasteiger partial charge in [0.1, 0.15) is 0 Å². The topological polar surface area (TPSA) is 17.0 Å². The molecule has 0 saturated carbocycles. The third-order valence-electron chi connectivity index (χ3n) is 4.02. The van der Waals surface area contributed by atoms with E-state index in [2.05, 4.69) is 56.0 Å². The van der Waals surface area contributed by atoms with Crippen LogP contribution in [0.5, 0.6) is 0 Å². The molecule has 0 saturated heterocycles. The second-order valence-corrected chi connectivity index (χ2v) is 5.62. The predicted molar refractivity (Wildman–Crippen MR) is 84.4 cm³/mol. The van der Waals surface area contributed by atoms with E-state index in [-0.39, 0.29) is 0 Å². The highest BCUT2D eigenvalue weighted by Crippen LogP contribution is 2.20. The summed E-state index contributed by atoms with van der Waals surface area (Å²) >= 11 is 0. The second-order valence-electron chi connectivity index (χ2n) is 5.62. The van der Waals surface area contributed by atoms with E-state index in [0.717, 1.165) is 12.5 Å². The van der Waals surface area contributed by atoms with Gasteiger partial charge in [0.25, 0.3) is 0 Å². The van der Waals surface area contributed by atoms with Crippen molar-refractivity contribution in [3.8, 4) is 0 Å². The minimum atomic E-state index is 0.535. The summed E-state index contributed by atoms with van der Waals surface area (Å²) < 4.78 is 2.38.